The zero-order valence-corrected chi connectivity index (χ0v) is 25.3. The smallest absolute Gasteiger partial charge is 0.297 e. The van der Waals surface area contributed by atoms with E-state index < -0.39 is 37.3 Å². The number of nitro benzene ring substituents is 1. The van der Waals surface area contributed by atoms with Crippen LogP contribution in [-0.4, -0.2) is 69.0 Å². The molecular weight excluding hydrogens is 653 g/mol. The molecular formula is C27H29BrFN5O8S. The predicted octanol–water partition coefficient (Wildman–Crippen LogP) is 3.56. The van der Waals surface area contributed by atoms with Crippen LogP contribution in [0.25, 0.3) is 0 Å². The van der Waals surface area contributed by atoms with Crippen molar-refractivity contribution in [3.05, 3.63) is 44.3 Å². The van der Waals surface area contributed by atoms with Gasteiger partial charge in [0, 0.05) is 51.3 Å². The predicted molar refractivity (Wildman–Crippen MR) is 154 cm³/mol. The normalized spacial score (nSPS) is 21.8. The summed E-state index contributed by atoms with van der Waals surface area (Å²) in [5.41, 5.74) is -0.841. The van der Waals surface area contributed by atoms with Crippen molar-refractivity contribution in [1.82, 2.24) is 9.71 Å². The zero-order chi connectivity index (χ0) is 30.5. The summed E-state index contributed by atoms with van der Waals surface area (Å²) in [6, 6.07) is 2.65. The van der Waals surface area contributed by atoms with Crippen molar-refractivity contribution in [3.8, 4) is 5.75 Å². The van der Waals surface area contributed by atoms with E-state index in [-0.39, 0.29) is 57.2 Å². The number of halogens is 2. The van der Waals surface area contributed by atoms with E-state index in [9.17, 15) is 28.1 Å². The number of hydrogen-bond donors (Lipinski definition) is 2. The minimum absolute atomic E-state index is 0.0146. The zero-order valence-electron chi connectivity index (χ0n) is 22.9. The monoisotopic (exact) mass is 681 g/mol. The van der Waals surface area contributed by atoms with Crippen LogP contribution in [0.5, 0.6) is 5.75 Å². The average molecular weight is 683 g/mol. The number of benzene rings is 1. The van der Waals surface area contributed by atoms with E-state index in [4.69, 9.17) is 9.47 Å². The summed E-state index contributed by atoms with van der Waals surface area (Å²) in [7, 11) is -4.64. The molecule has 2 saturated heterocycles. The number of carbonyl (C=O) groups excluding carboxylic acids is 2. The number of piperidine rings is 1. The summed E-state index contributed by atoms with van der Waals surface area (Å²) in [6.07, 6.45) is 4.05. The van der Waals surface area contributed by atoms with Gasteiger partial charge in [0.25, 0.3) is 21.6 Å². The van der Waals surface area contributed by atoms with Crippen LogP contribution >= 0.6 is 15.9 Å². The summed E-state index contributed by atoms with van der Waals surface area (Å²) in [6.45, 7) is 2.32. The standard InChI is InChI=1S/C27H29BrFN5O8S/c28-24-18(11-19(29)25(31-24)33-5-3-27(4-6-33)12-16(35)13-27)26(36)32-43(39,40)17-9-21(34(37)38)23-22(10-17)42-14-20(30-23)15-1-7-41-8-2-15/h9-11,15,20,30H,1-8,12-14H2,(H,32,36)/t20-/m0/s1. The molecule has 6 rings (SSSR count). The molecule has 1 amide bonds. The van der Waals surface area contributed by atoms with Crippen molar-refractivity contribution in [2.45, 2.75) is 49.5 Å². The first-order valence-electron chi connectivity index (χ1n) is 13.9. The number of hydrogen-bond acceptors (Lipinski definition) is 11. The average Bonchev–Trinajstić information content (AvgIpc) is 2.97. The lowest BCUT2D eigenvalue weighted by atomic mass is 9.62. The van der Waals surface area contributed by atoms with Gasteiger partial charge < -0.3 is 19.7 Å². The van der Waals surface area contributed by atoms with Crippen LogP contribution in [0.3, 0.4) is 0 Å². The fourth-order valence-corrected chi connectivity index (χ4v) is 7.78. The van der Waals surface area contributed by atoms with E-state index in [2.05, 4.69) is 26.2 Å². The number of carbonyl (C=O) groups is 2. The molecule has 16 heteroatoms. The van der Waals surface area contributed by atoms with Gasteiger partial charge >= 0.3 is 0 Å². The van der Waals surface area contributed by atoms with Crippen molar-refractivity contribution >= 4 is 54.8 Å². The summed E-state index contributed by atoms with van der Waals surface area (Å²) in [5.74, 6) is -1.59. The Morgan fingerprint density at radius 1 is 1.21 bits per heavy atom. The number of Topliss-reactive ketones (excluding diaryl/α,β-unsaturated/α-hetero) is 1. The molecule has 1 spiro atoms. The molecule has 0 unspecified atom stereocenters. The first-order chi connectivity index (χ1) is 20.4. The molecule has 0 radical (unpaired) electrons. The van der Waals surface area contributed by atoms with Gasteiger partial charge in [0.15, 0.2) is 23.1 Å². The highest BCUT2D eigenvalue weighted by Gasteiger charge is 2.45. The van der Waals surface area contributed by atoms with E-state index in [1.807, 2.05) is 4.72 Å². The van der Waals surface area contributed by atoms with Gasteiger partial charge in [0.1, 0.15) is 17.0 Å². The van der Waals surface area contributed by atoms with Crippen LogP contribution in [0.15, 0.2) is 27.7 Å². The number of amides is 1. The van der Waals surface area contributed by atoms with Gasteiger partial charge in [-0.2, -0.15) is 0 Å². The van der Waals surface area contributed by atoms with Gasteiger partial charge in [-0.15, -0.1) is 0 Å². The minimum Gasteiger partial charge on any atom is -0.489 e. The molecule has 43 heavy (non-hydrogen) atoms. The molecule has 0 bridgehead atoms. The van der Waals surface area contributed by atoms with Crippen LogP contribution in [0.4, 0.5) is 21.6 Å². The highest BCUT2D eigenvalue weighted by atomic mass is 79.9. The van der Waals surface area contributed by atoms with Gasteiger partial charge in [0.2, 0.25) is 0 Å². The number of fused-ring (bicyclic) bond motifs is 1. The lowest BCUT2D eigenvalue weighted by Crippen LogP contribution is -2.47. The van der Waals surface area contributed by atoms with Gasteiger partial charge in [0.05, 0.1) is 21.4 Å². The van der Waals surface area contributed by atoms with E-state index in [0.717, 1.165) is 43.9 Å². The summed E-state index contributed by atoms with van der Waals surface area (Å²) < 4.78 is 54.5. The Bertz CT molecular complexity index is 1600. The van der Waals surface area contributed by atoms with E-state index in [0.29, 0.717) is 39.1 Å². The summed E-state index contributed by atoms with van der Waals surface area (Å²) in [4.78, 5) is 41.1. The summed E-state index contributed by atoms with van der Waals surface area (Å²) >= 11 is 3.16. The third-order valence-electron chi connectivity index (χ3n) is 8.80. The number of nitro groups is 1. The Balaban J connectivity index is 1.19. The highest BCUT2D eigenvalue weighted by molar-refractivity contribution is 9.10. The molecule has 3 aliphatic heterocycles. The Morgan fingerprint density at radius 3 is 2.56 bits per heavy atom. The number of sulfonamides is 1. The lowest BCUT2D eigenvalue weighted by molar-refractivity contribution is -0.384. The topological polar surface area (TPSA) is 170 Å². The number of anilines is 2. The van der Waals surface area contributed by atoms with Gasteiger partial charge in [-0.3, -0.25) is 19.7 Å². The summed E-state index contributed by atoms with van der Waals surface area (Å²) in [5, 5.41) is 15.1. The van der Waals surface area contributed by atoms with Gasteiger partial charge in [-0.1, -0.05) is 0 Å². The fraction of sp³-hybridized carbons (Fsp3) is 0.519. The van der Waals surface area contributed by atoms with E-state index in [1.165, 1.54) is 0 Å². The van der Waals surface area contributed by atoms with Crippen molar-refractivity contribution in [1.29, 1.82) is 0 Å². The number of pyridine rings is 1. The van der Waals surface area contributed by atoms with E-state index in [1.54, 1.807) is 4.90 Å². The minimum atomic E-state index is -4.64. The van der Waals surface area contributed by atoms with Crippen LogP contribution in [0.2, 0.25) is 0 Å². The number of ketones is 1. The number of nitrogens with zero attached hydrogens (tertiary/aromatic N) is 3. The second kappa shape index (κ2) is 11.3. The molecule has 2 aromatic rings. The van der Waals surface area contributed by atoms with Crippen molar-refractivity contribution in [3.63, 3.8) is 0 Å². The number of rotatable bonds is 6. The van der Waals surface area contributed by atoms with Gasteiger partial charge in [-0.05, 0) is 59.0 Å². The van der Waals surface area contributed by atoms with Crippen molar-refractivity contribution < 1.29 is 36.8 Å². The molecule has 13 nitrogen and oxygen atoms in total. The maximum atomic E-state index is 15.2. The van der Waals surface area contributed by atoms with Crippen LogP contribution in [0, 0.1) is 27.3 Å². The SMILES string of the molecule is O=C1CC2(CCN(c3nc(Br)c(C(=O)NS(=O)(=O)c4cc5c(c([N+](=O)[O-])c4)N[C@H](C4CCOCC4)CO5)cc3F)CC2)C1. The Labute approximate surface area is 254 Å². The molecule has 4 aliphatic rings. The maximum Gasteiger partial charge on any atom is 0.297 e. The van der Waals surface area contributed by atoms with Gasteiger partial charge in [-0.25, -0.2) is 22.5 Å². The molecule has 230 valence electrons. The van der Waals surface area contributed by atoms with Crippen LogP contribution < -0.4 is 19.7 Å². The van der Waals surface area contributed by atoms with E-state index >= 15 is 4.39 Å². The number of nitrogens with one attached hydrogen (secondary N) is 2. The molecule has 1 aliphatic carbocycles. The first kappa shape index (κ1) is 29.7. The highest BCUT2D eigenvalue weighted by Crippen LogP contribution is 2.47. The third kappa shape index (κ3) is 5.79. The Kier molecular flexibility index (Phi) is 7.79. The van der Waals surface area contributed by atoms with Crippen molar-refractivity contribution in [2.24, 2.45) is 11.3 Å². The van der Waals surface area contributed by atoms with Crippen LogP contribution in [0.1, 0.15) is 48.9 Å². The largest absolute Gasteiger partial charge is 0.489 e. The molecule has 1 saturated carbocycles. The molecule has 2 N–H and O–H groups in total. The Hall–Kier alpha value is -3.37. The first-order valence-corrected chi connectivity index (χ1v) is 16.2. The second-order valence-corrected chi connectivity index (χ2v) is 14.0. The molecule has 1 aromatic carbocycles. The Morgan fingerprint density at radius 2 is 1.91 bits per heavy atom. The number of aromatic nitrogens is 1. The maximum absolute atomic E-state index is 15.2. The quantitative estimate of drug-likeness (QED) is 0.260. The molecule has 3 fully saturated rings. The lowest BCUT2D eigenvalue weighted by Gasteiger charge is -2.47. The number of ether oxygens (including phenoxy) is 2. The van der Waals surface area contributed by atoms with Crippen LogP contribution in [-0.2, 0) is 19.6 Å². The molecule has 1 aromatic heterocycles. The molecule has 1 atom stereocenters. The van der Waals surface area contributed by atoms with Crippen molar-refractivity contribution in [2.75, 3.05) is 43.1 Å². The fourth-order valence-electron chi connectivity index (χ4n) is 6.32. The molecule has 4 heterocycles. The third-order valence-corrected chi connectivity index (χ3v) is 10.7. The second-order valence-electron chi connectivity index (χ2n) is 11.5.